The van der Waals surface area contributed by atoms with Gasteiger partial charge in [0.25, 0.3) is 0 Å². The van der Waals surface area contributed by atoms with E-state index in [4.69, 9.17) is 19.1 Å². The van der Waals surface area contributed by atoms with Crippen molar-refractivity contribution in [1.29, 1.82) is 0 Å². The van der Waals surface area contributed by atoms with Crippen molar-refractivity contribution in [1.82, 2.24) is 24.8 Å². The maximum atomic E-state index is 12.5. The molecule has 0 bridgehead atoms. The van der Waals surface area contributed by atoms with Gasteiger partial charge >= 0.3 is 11.7 Å². The Hall–Kier alpha value is -3.95. The predicted octanol–water partition coefficient (Wildman–Crippen LogP) is 5.48. The van der Waals surface area contributed by atoms with Crippen LogP contribution in [-0.2, 0) is 4.74 Å². The number of hydrogen-bond donors (Lipinski definition) is 1. The number of benzene rings is 1. The minimum atomic E-state index is -0.502. The van der Waals surface area contributed by atoms with Crippen LogP contribution in [0.25, 0.3) is 33.4 Å². The summed E-state index contributed by atoms with van der Waals surface area (Å²) in [5.41, 5.74) is 2.60. The number of ether oxygens (including phenoxy) is 1. The van der Waals surface area contributed by atoms with Gasteiger partial charge in [0.2, 0.25) is 5.95 Å². The van der Waals surface area contributed by atoms with E-state index in [1.165, 1.54) is 6.07 Å². The lowest BCUT2D eigenvalue weighted by Crippen LogP contribution is -2.37. The Morgan fingerprint density at radius 2 is 1.69 bits per heavy atom. The second-order valence-corrected chi connectivity index (χ2v) is 10.3. The third-order valence-corrected chi connectivity index (χ3v) is 6.59. The fourth-order valence-electron chi connectivity index (χ4n) is 5.02. The van der Waals surface area contributed by atoms with Gasteiger partial charge in [-0.1, -0.05) is 27.7 Å². The lowest BCUT2D eigenvalue weighted by Gasteiger charge is -2.26. The van der Waals surface area contributed by atoms with E-state index in [2.05, 4.69) is 14.9 Å². The molecule has 2 aliphatic rings. The number of nitrogens with one attached hydrogen (secondary N) is 1. The summed E-state index contributed by atoms with van der Waals surface area (Å²) in [4.78, 5) is 45.2. The van der Waals surface area contributed by atoms with Crippen molar-refractivity contribution in [3.8, 4) is 11.3 Å². The van der Waals surface area contributed by atoms with E-state index in [-0.39, 0.29) is 11.7 Å². The second-order valence-electron chi connectivity index (χ2n) is 10.3. The molecule has 0 radical (unpaired) electrons. The molecule has 2 unspecified atom stereocenters. The van der Waals surface area contributed by atoms with Crippen LogP contribution in [0.15, 0.2) is 45.9 Å². The third kappa shape index (κ3) is 5.89. The third-order valence-electron chi connectivity index (χ3n) is 6.59. The first-order chi connectivity index (χ1) is 18.7. The number of fused-ring (bicyclic) bond motifs is 3. The van der Waals surface area contributed by atoms with E-state index < -0.39 is 5.60 Å². The quantitative estimate of drug-likeness (QED) is 0.336. The Morgan fingerprint density at radius 1 is 1.00 bits per heavy atom. The van der Waals surface area contributed by atoms with E-state index in [1.807, 2.05) is 65.5 Å². The number of hydrogen-bond acceptors (Lipinski definition) is 8. The summed E-state index contributed by atoms with van der Waals surface area (Å²) < 4.78 is 10.8. The molecule has 0 saturated carbocycles. The highest BCUT2D eigenvalue weighted by molar-refractivity contribution is 5.91. The van der Waals surface area contributed by atoms with Crippen LogP contribution in [0.3, 0.4) is 0 Å². The Morgan fingerprint density at radius 3 is 2.36 bits per heavy atom. The van der Waals surface area contributed by atoms with Crippen molar-refractivity contribution in [2.45, 2.75) is 54.1 Å². The molecule has 4 aromatic rings. The molecule has 1 amide bonds. The number of carbonyl (C=O) groups is 1. The van der Waals surface area contributed by atoms with Crippen LogP contribution >= 0.6 is 0 Å². The van der Waals surface area contributed by atoms with Gasteiger partial charge < -0.3 is 23.9 Å². The Labute approximate surface area is 228 Å². The lowest BCUT2D eigenvalue weighted by molar-refractivity contribution is 0.0282. The molecule has 3 aromatic heterocycles. The molecule has 2 saturated heterocycles. The molecule has 10 heteroatoms. The van der Waals surface area contributed by atoms with Gasteiger partial charge in [-0.05, 0) is 45.0 Å². The summed E-state index contributed by atoms with van der Waals surface area (Å²) in [7, 11) is 0. The van der Waals surface area contributed by atoms with Crippen LogP contribution < -0.4 is 10.5 Å². The fourth-order valence-corrected chi connectivity index (χ4v) is 5.02. The molecule has 2 atom stereocenters. The van der Waals surface area contributed by atoms with Gasteiger partial charge in [-0.2, -0.15) is 4.98 Å². The summed E-state index contributed by atoms with van der Waals surface area (Å²) >= 11 is 0. The molecule has 2 aliphatic heterocycles. The zero-order valence-electron chi connectivity index (χ0n) is 23.8. The smallest absolute Gasteiger partial charge is 0.410 e. The van der Waals surface area contributed by atoms with Gasteiger partial charge in [0, 0.05) is 55.0 Å². The van der Waals surface area contributed by atoms with Crippen molar-refractivity contribution in [3.63, 3.8) is 0 Å². The van der Waals surface area contributed by atoms with Crippen LogP contribution in [0.5, 0.6) is 0 Å². The van der Waals surface area contributed by atoms with Crippen molar-refractivity contribution >= 4 is 34.2 Å². The van der Waals surface area contributed by atoms with Crippen molar-refractivity contribution in [2.24, 2.45) is 11.8 Å². The van der Waals surface area contributed by atoms with Crippen LogP contribution in [0, 0.1) is 11.8 Å². The number of carbonyl (C=O) groups excluding carboxylic acids is 1. The molecule has 6 rings (SSSR count). The fraction of sp³-hybridized carbons (Fsp3) is 0.483. The number of aromatic nitrogens is 4. The molecule has 5 heterocycles. The molecule has 1 N–H and O–H groups in total. The van der Waals surface area contributed by atoms with Crippen molar-refractivity contribution in [3.05, 3.63) is 47.1 Å². The van der Waals surface area contributed by atoms with Crippen molar-refractivity contribution < 1.29 is 13.9 Å². The highest BCUT2D eigenvalue weighted by Gasteiger charge is 2.43. The first-order valence-corrected chi connectivity index (χ1v) is 13.7. The summed E-state index contributed by atoms with van der Waals surface area (Å²) in [6.07, 6.45) is 1.37. The first kappa shape index (κ1) is 28.1. The van der Waals surface area contributed by atoms with E-state index in [9.17, 15) is 9.59 Å². The molecule has 0 aliphatic carbocycles. The maximum absolute atomic E-state index is 12.5. The van der Waals surface area contributed by atoms with Gasteiger partial charge in [-0.25, -0.2) is 19.6 Å². The average Bonchev–Trinajstić information content (AvgIpc) is 3.64. The molecule has 0 spiro atoms. The number of rotatable bonds is 2. The largest absolute Gasteiger partial charge is 0.444 e. The standard InChI is InChI=1S/C25H26N6O4.2C2H6/c1-25(2,3)35-24(33)31-11-16-9-30(10-17(16)12-31)23-28-20(21-22(29-23)27-13-26-21)15-4-6-18-14(8-15)5-7-19(32)34-18;2*1-2/h4-8,13,16-17H,9-12H2,1-3H3,(H,26,27,28,29);2*1-2H3. The first-order valence-electron chi connectivity index (χ1n) is 13.7. The maximum Gasteiger partial charge on any atom is 0.410 e. The molecular weight excluding hydrogens is 496 g/mol. The summed E-state index contributed by atoms with van der Waals surface area (Å²) in [6, 6.07) is 8.76. The zero-order valence-corrected chi connectivity index (χ0v) is 23.8. The van der Waals surface area contributed by atoms with Gasteiger partial charge in [0.1, 0.15) is 22.4 Å². The number of H-pyrrole nitrogens is 1. The molecule has 1 aromatic carbocycles. The van der Waals surface area contributed by atoms with E-state index >= 15 is 0 Å². The number of nitrogens with zero attached hydrogens (tertiary/aromatic N) is 5. The van der Waals surface area contributed by atoms with E-state index in [0.29, 0.717) is 42.1 Å². The van der Waals surface area contributed by atoms with Crippen molar-refractivity contribution in [2.75, 3.05) is 31.1 Å². The minimum absolute atomic E-state index is 0.248. The molecule has 10 nitrogen and oxygen atoms in total. The summed E-state index contributed by atoms with van der Waals surface area (Å²) in [5, 5.41) is 0.813. The zero-order chi connectivity index (χ0) is 28.3. The minimum Gasteiger partial charge on any atom is -0.444 e. The highest BCUT2D eigenvalue weighted by atomic mass is 16.6. The molecule has 39 heavy (non-hydrogen) atoms. The number of amides is 1. The van der Waals surface area contributed by atoms with Gasteiger partial charge in [-0.3, -0.25) is 0 Å². The predicted molar refractivity (Wildman–Crippen MR) is 153 cm³/mol. The van der Waals surface area contributed by atoms with Gasteiger partial charge in [0.15, 0.2) is 5.65 Å². The summed E-state index contributed by atoms with van der Waals surface area (Å²) in [5.74, 6) is 1.30. The van der Waals surface area contributed by atoms with Crippen LogP contribution in [0.4, 0.5) is 10.7 Å². The van der Waals surface area contributed by atoms with Crippen LogP contribution in [0.1, 0.15) is 48.5 Å². The highest BCUT2D eigenvalue weighted by Crippen LogP contribution is 2.35. The Kier molecular flexibility index (Phi) is 8.22. The topological polar surface area (TPSA) is 117 Å². The van der Waals surface area contributed by atoms with Gasteiger partial charge in [0.05, 0.1) is 6.33 Å². The molecular formula is C29H38N6O4. The normalized spacial score (nSPS) is 18.3. The number of likely N-dealkylation sites (tertiary alicyclic amines) is 1. The molecule has 208 valence electrons. The van der Waals surface area contributed by atoms with E-state index in [1.54, 1.807) is 18.5 Å². The van der Waals surface area contributed by atoms with Crippen LogP contribution in [-0.4, -0.2) is 62.7 Å². The Bertz CT molecular complexity index is 1490. The van der Waals surface area contributed by atoms with Gasteiger partial charge in [-0.15, -0.1) is 0 Å². The van der Waals surface area contributed by atoms with Crippen LogP contribution in [0.2, 0.25) is 0 Å². The monoisotopic (exact) mass is 534 g/mol. The second kappa shape index (κ2) is 11.4. The Balaban J connectivity index is 0.000000845. The molecule has 2 fully saturated rings. The number of imidazole rings is 1. The summed E-state index contributed by atoms with van der Waals surface area (Å²) in [6.45, 7) is 16.5. The SMILES string of the molecule is CC.CC.CC(C)(C)OC(=O)N1CC2CN(c3nc(-c4ccc5oc(=O)ccc5c4)c4[nH]cnc4n3)CC2C1. The number of aromatic amines is 1. The lowest BCUT2D eigenvalue weighted by atomic mass is 10.0. The van der Waals surface area contributed by atoms with E-state index in [0.717, 1.165) is 35.2 Å². The average molecular weight is 535 g/mol. The number of anilines is 1.